The highest BCUT2D eigenvalue weighted by Crippen LogP contribution is 2.43. The number of imide groups is 1. The van der Waals surface area contributed by atoms with Gasteiger partial charge < -0.3 is 43.7 Å². The highest BCUT2D eigenvalue weighted by Gasteiger charge is 2.47. The number of aliphatic hydroxyl groups is 1. The molecule has 0 aliphatic carbocycles. The first-order valence-corrected chi connectivity index (χ1v) is 22.6. The molecular weight excluding hydrogens is 889 g/mol. The first-order chi connectivity index (χ1) is 31.1. The highest BCUT2D eigenvalue weighted by molar-refractivity contribution is 8.76. The lowest BCUT2D eigenvalue weighted by Crippen LogP contribution is -2.46. The molecule has 1 aromatic heterocycles. The predicted molar refractivity (Wildman–Crippen MR) is 237 cm³/mol. The predicted octanol–water partition coefficient (Wildman–Crippen LogP) is 5.96. The lowest BCUT2D eigenvalue weighted by molar-refractivity contribution is -0.385. The van der Waals surface area contributed by atoms with Crippen LogP contribution in [-0.2, 0) is 9.53 Å². The molecule has 2 fully saturated rings. The zero-order valence-corrected chi connectivity index (χ0v) is 37.3. The zero-order valence-electron chi connectivity index (χ0n) is 35.6. The van der Waals surface area contributed by atoms with Crippen LogP contribution in [0.3, 0.4) is 0 Å². The minimum absolute atomic E-state index is 0.0135. The molecule has 0 spiro atoms. The van der Waals surface area contributed by atoms with E-state index in [2.05, 4.69) is 18.1 Å². The fourth-order valence-electron chi connectivity index (χ4n) is 7.85. The minimum Gasteiger partial charge on any atom is -0.493 e. The van der Waals surface area contributed by atoms with Crippen molar-refractivity contribution in [3.8, 4) is 23.0 Å². The van der Waals surface area contributed by atoms with Crippen molar-refractivity contribution in [2.24, 2.45) is 0 Å². The van der Waals surface area contributed by atoms with Crippen LogP contribution >= 0.6 is 21.6 Å². The number of unbranched alkanes of at least 4 members (excludes halogenated alkanes) is 2. The molecule has 0 bridgehead atoms. The molecule has 0 radical (unpaired) electrons. The number of methoxy groups -OCH3 is 2. The van der Waals surface area contributed by atoms with Crippen LogP contribution < -0.4 is 28.7 Å². The van der Waals surface area contributed by atoms with Gasteiger partial charge in [0.25, 0.3) is 23.4 Å². The molecule has 2 N–H and O–H groups in total. The number of nitro groups is 1. The molecule has 344 valence electrons. The van der Waals surface area contributed by atoms with Crippen LogP contribution in [0, 0.1) is 10.1 Å². The van der Waals surface area contributed by atoms with Crippen molar-refractivity contribution >= 4 is 68.6 Å². The number of carboxylic acid groups (broad SMARTS) is 1. The van der Waals surface area contributed by atoms with Gasteiger partial charge in [0, 0.05) is 36.5 Å². The van der Waals surface area contributed by atoms with Gasteiger partial charge in [-0.15, -0.1) is 0 Å². The van der Waals surface area contributed by atoms with E-state index in [9.17, 15) is 44.3 Å². The number of hydrogen-bond acceptors (Lipinski definition) is 16. The Labute approximate surface area is 380 Å². The van der Waals surface area contributed by atoms with Gasteiger partial charge in [0.05, 0.1) is 73.5 Å². The van der Waals surface area contributed by atoms with Crippen molar-refractivity contribution < 1.29 is 62.8 Å². The largest absolute Gasteiger partial charge is 0.493 e. The third-order valence-electron chi connectivity index (χ3n) is 11.1. The Bertz CT molecular complexity index is 2440. The minimum atomic E-state index is -1.54. The van der Waals surface area contributed by atoms with E-state index in [4.69, 9.17) is 23.7 Å². The van der Waals surface area contributed by atoms with E-state index in [1.54, 1.807) is 0 Å². The SMILES string of the molecule is C=C1C[C@H]2C(=O)N(C(=O)O)c3cc(OCCCCCOc4cc5c(cc4OC)C(=O)N4CC(=C)C(O)[C@@H]4CN5C(=O)OC[C@@H](C)SSc4ccc([N+](=O)[O-])cn4)c(OC)cc3C(=O)N2C1. The average molecular weight is 935 g/mol. The van der Waals surface area contributed by atoms with Gasteiger partial charge in [-0.25, -0.2) is 19.5 Å². The van der Waals surface area contributed by atoms with Crippen LogP contribution in [0.25, 0.3) is 0 Å². The molecule has 4 aliphatic heterocycles. The number of hydrogen-bond donors (Lipinski definition) is 2. The lowest BCUT2D eigenvalue weighted by Gasteiger charge is -2.27. The summed E-state index contributed by atoms with van der Waals surface area (Å²) in [4.78, 5) is 86.3. The normalized spacial score (nSPS) is 19.4. The number of carbonyl (C=O) groups excluding carboxylic acids is 4. The maximum absolute atomic E-state index is 14.0. The Kier molecular flexibility index (Phi) is 14.1. The standard InChI is InChI=1S/C43H46N6O14S2/c1-23-13-31-41(53)48(42(54)55)30-17-36(34(60-5)15-28(30)40(52)45(31)19-23)62-12-8-6-7-11-61-35-16-29-27(14-33(35)59-4)39(51)46-20-24(2)38(50)32(46)21-47(29)43(56)63-22-25(3)64-65-37-10-9-26(18-44-37)49(57)58/h9-10,14-18,25,31-32,38,50H,1-2,6-8,11-13,19-22H2,3-5H3,(H,54,55)/t25-,31+,32+,38?/m1/s1. The Morgan fingerprint density at radius 2 is 1.55 bits per heavy atom. The number of ether oxygens (including phenoxy) is 5. The van der Waals surface area contributed by atoms with Gasteiger partial charge in [-0.3, -0.25) is 29.4 Å². The number of aliphatic hydroxyl groups excluding tert-OH is 1. The molecule has 3 aromatic rings. The second-order valence-electron chi connectivity index (χ2n) is 15.6. The van der Waals surface area contributed by atoms with E-state index in [0.717, 1.165) is 6.20 Å². The maximum Gasteiger partial charge on any atom is 0.418 e. The number of carbonyl (C=O) groups is 5. The molecule has 2 aromatic carbocycles. The molecule has 5 heterocycles. The van der Waals surface area contributed by atoms with Gasteiger partial charge in [-0.05, 0) is 67.2 Å². The fourth-order valence-corrected chi connectivity index (χ4v) is 9.71. The summed E-state index contributed by atoms with van der Waals surface area (Å²) >= 11 is 0. The third-order valence-corrected chi connectivity index (χ3v) is 13.9. The van der Waals surface area contributed by atoms with E-state index < -0.39 is 53.0 Å². The second-order valence-corrected chi connectivity index (χ2v) is 18.2. The molecule has 7 rings (SSSR count). The van der Waals surface area contributed by atoms with Gasteiger partial charge in [0.15, 0.2) is 23.0 Å². The molecule has 0 saturated carbocycles. The summed E-state index contributed by atoms with van der Waals surface area (Å²) in [5.41, 5.74) is 1.15. The summed E-state index contributed by atoms with van der Waals surface area (Å²) in [6.07, 6.45) is -0.417. The van der Waals surface area contributed by atoms with Gasteiger partial charge in [-0.2, -0.15) is 0 Å². The number of rotatable bonds is 16. The quantitative estimate of drug-likeness (QED) is 0.0554. The molecule has 20 nitrogen and oxygen atoms in total. The van der Waals surface area contributed by atoms with E-state index >= 15 is 0 Å². The van der Waals surface area contributed by atoms with Gasteiger partial charge in [0.2, 0.25) is 0 Å². The topological polar surface area (TPSA) is 241 Å². The molecule has 2 saturated heterocycles. The molecule has 65 heavy (non-hydrogen) atoms. The summed E-state index contributed by atoms with van der Waals surface area (Å²) < 4.78 is 29.0. The number of amides is 5. The highest BCUT2D eigenvalue weighted by atomic mass is 33.1. The van der Waals surface area contributed by atoms with Gasteiger partial charge >= 0.3 is 12.2 Å². The number of fused-ring (bicyclic) bond motifs is 4. The molecule has 4 aliphatic rings. The zero-order chi connectivity index (χ0) is 46.7. The lowest BCUT2D eigenvalue weighted by atomic mass is 10.1. The van der Waals surface area contributed by atoms with Gasteiger partial charge in [0.1, 0.15) is 23.9 Å². The second kappa shape index (κ2) is 19.7. The van der Waals surface area contributed by atoms with Crippen molar-refractivity contribution in [3.63, 3.8) is 0 Å². The number of nitrogens with zero attached hydrogens (tertiary/aromatic N) is 6. The summed E-state index contributed by atoms with van der Waals surface area (Å²) in [6, 6.07) is 6.83. The number of aromatic nitrogens is 1. The summed E-state index contributed by atoms with van der Waals surface area (Å²) in [6.45, 7) is 10.1. The van der Waals surface area contributed by atoms with Crippen molar-refractivity contribution in [2.75, 3.05) is 63.5 Å². The Hall–Kier alpha value is -6.52. The van der Waals surface area contributed by atoms with Crippen LogP contribution in [0.1, 0.15) is 53.3 Å². The Morgan fingerprint density at radius 3 is 2.15 bits per heavy atom. The number of pyridine rings is 1. The monoisotopic (exact) mass is 934 g/mol. The Balaban J connectivity index is 0.991. The van der Waals surface area contributed by atoms with E-state index in [-0.39, 0.29) is 102 Å². The third kappa shape index (κ3) is 9.64. The number of benzene rings is 2. The van der Waals surface area contributed by atoms with Crippen molar-refractivity contribution in [1.82, 2.24) is 14.8 Å². The summed E-state index contributed by atoms with van der Waals surface area (Å²) in [5.74, 6) is -0.887. The maximum atomic E-state index is 14.0. The molecule has 5 amide bonds. The molecular formula is C43H46N6O14S2. The number of anilines is 2. The van der Waals surface area contributed by atoms with Gasteiger partial charge in [-0.1, -0.05) is 29.5 Å². The molecule has 4 atom stereocenters. The summed E-state index contributed by atoms with van der Waals surface area (Å²) in [5, 5.41) is 32.3. The fraction of sp³-hybridized carbons (Fsp3) is 0.395. The average Bonchev–Trinajstić information content (AvgIpc) is 3.76. The van der Waals surface area contributed by atoms with Crippen LogP contribution in [0.4, 0.5) is 26.7 Å². The first-order valence-electron chi connectivity index (χ1n) is 20.4. The van der Waals surface area contributed by atoms with E-state index in [1.165, 1.54) is 86.9 Å². The van der Waals surface area contributed by atoms with E-state index in [1.807, 2.05) is 6.92 Å². The van der Waals surface area contributed by atoms with Crippen LogP contribution in [-0.4, -0.2) is 137 Å². The van der Waals surface area contributed by atoms with Crippen LogP contribution in [0.15, 0.2) is 71.9 Å². The van der Waals surface area contributed by atoms with E-state index in [0.29, 0.717) is 40.3 Å². The summed E-state index contributed by atoms with van der Waals surface area (Å²) in [7, 11) is 5.43. The van der Waals surface area contributed by atoms with Crippen molar-refractivity contribution in [1.29, 1.82) is 0 Å². The first kappa shape index (κ1) is 46.5. The van der Waals surface area contributed by atoms with Crippen LogP contribution in [0.2, 0.25) is 0 Å². The molecule has 22 heteroatoms. The molecule has 1 unspecified atom stereocenters. The van der Waals surface area contributed by atoms with Crippen molar-refractivity contribution in [2.45, 2.75) is 61.1 Å². The smallest absolute Gasteiger partial charge is 0.418 e. The Morgan fingerprint density at radius 1 is 0.923 bits per heavy atom. The van der Waals surface area contributed by atoms with Crippen LogP contribution in [0.5, 0.6) is 23.0 Å². The van der Waals surface area contributed by atoms with Crippen molar-refractivity contribution in [3.05, 3.63) is 88.1 Å².